The Balaban J connectivity index is 1.70. The third kappa shape index (κ3) is 4.50. The molecule has 4 nitrogen and oxygen atoms in total. The van der Waals surface area contributed by atoms with Crippen molar-refractivity contribution in [1.82, 2.24) is 9.88 Å². The van der Waals surface area contributed by atoms with Crippen molar-refractivity contribution in [1.29, 1.82) is 5.26 Å². The van der Waals surface area contributed by atoms with Crippen LogP contribution in [0, 0.1) is 23.7 Å². The third-order valence-corrected chi connectivity index (χ3v) is 4.52. The number of hydrogen-bond acceptors (Lipinski definition) is 2. The molecule has 138 valence electrons. The lowest BCUT2D eigenvalue weighted by atomic mass is 10.1. The fourth-order valence-corrected chi connectivity index (χ4v) is 3.16. The molecule has 0 radical (unpaired) electrons. The molecule has 0 atom stereocenters. The molecule has 0 aliphatic rings. The largest absolute Gasteiger partial charge is 0.351 e. The summed E-state index contributed by atoms with van der Waals surface area (Å²) in [7, 11) is 0. The number of terminal acetylenes is 1. The number of aryl methyl sites for hydroxylation is 1. The van der Waals surface area contributed by atoms with E-state index in [9.17, 15) is 10.1 Å². The van der Waals surface area contributed by atoms with E-state index in [-0.39, 0.29) is 11.5 Å². The summed E-state index contributed by atoms with van der Waals surface area (Å²) in [4.78, 5) is 12.4. The molecule has 0 aliphatic heterocycles. The minimum Gasteiger partial charge on any atom is -0.351 e. The number of nitrogens with one attached hydrogen (secondary N) is 1. The summed E-state index contributed by atoms with van der Waals surface area (Å²) < 4.78 is 1.94. The number of carbonyl (C=O) groups is 1. The Bertz CT molecular complexity index is 1080. The molecule has 0 spiro atoms. The van der Waals surface area contributed by atoms with Crippen molar-refractivity contribution in [3.63, 3.8) is 0 Å². The number of aromatic nitrogens is 1. The number of hydrogen-bond donors (Lipinski definition) is 1. The Morgan fingerprint density at radius 3 is 2.64 bits per heavy atom. The number of nitrogens with zero attached hydrogens (tertiary/aromatic N) is 2. The summed E-state index contributed by atoms with van der Waals surface area (Å²) in [6, 6.07) is 19.9. The number of benzene rings is 2. The molecular weight excluding hydrogens is 346 g/mol. The standard InChI is InChI=1S/C24H21N3O/c1-2-15-27-18-21(22-12-6-7-13-23(22)27)16-20(17-25)24(28)26-14-8-11-19-9-4-3-5-10-19/h1,3-7,9-10,12-13,16,18H,8,11,14-15H2,(H,26,28)/b20-16-. The van der Waals surface area contributed by atoms with E-state index in [2.05, 4.69) is 23.4 Å². The lowest BCUT2D eigenvalue weighted by Crippen LogP contribution is -2.25. The second-order valence-corrected chi connectivity index (χ2v) is 6.45. The predicted molar refractivity (Wildman–Crippen MR) is 112 cm³/mol. The van der Waals surface area contributed by atoms with Crippen LogP contribution in [0.1, 0.15) is 17.5 Å². The maximum atomic E-state index is 12.4. The fraction of sp³-hybridized carbons (Fsp3) is 0.167. The average molecular weight is 367 g/mol. The average Bonchev–Trinajstić information content (AvgIpc) is 3.08. The molecule has 3 aromatic rings. The van der Waals surface area contributed by atoms with Crippen LogP contribution >= 0.6 is 0 Å². The van der Waals surface area contributed by atoms with Crippen molar-refractivity contribution >= 4 is 22.9 Å². The number of amides is 1. The van der Waals surface area contributed by atoms with Gasteiger partial charge in [-0.05, 0) is 30.5 Å². The van der Waals surface area contributed by atoms with Gasteiger partial charge in [0.15, 0.2) is 0 Å². The SMILES string of the molecule is C#CCn1cc(/C=C(/C#N)C(=O)NCCCc2ccccc2)c2ccccc21. The van der Waals surface area contributed by atoms with Gasteiger partial charge in [0.2, 0.25) is 0 Å². The quantitative estimate of drug-likeness (QED) is 0.298. The van der Waals surface area contributed by atoms with Crippen LogP contribution in [0.3, 0.4) is 0 Å². The van der Waals surface area contributed by atoms with E-state index in [0.717, 1.165) is 29.3 Å². The molecule has 1 heterocycles. The topological polar surface area (TPSA) is 57.8 Å². The van der Waals surface area contributed by atoms with Crippen molar-refractivity contribution in [3.8, 4) is 18.4 Å². The molecule has 0 aliphatic carbocycles. The number of para-hydroxylation sites is 1. The van der Waals surface area contributed by atoms with Gasteiger partial charge in [0.25, 0.3) is 5.91 Å². The lowest BCUT2D eigenvalue weighted by molar-refractivity contribution is -0.117. The van der Waals surface area contributed by atoms with Gasteiger partial charge in [-0.1, -0.05) is 54.5 Å². The Hall–Kier alpha value is -3.76. The second-order valence-electron chi connectivity index (χ2n) is 6.45. The summed E-state index contributed by atoms with van der Waals surface area (Å²) in [6.07, 6.45) is 10.6. The zero-order valence-corrected chi connectivity index (χ0v) is 15.6. The smallest absolute Gasteiger partial charge is 0.261 e. The first-order valence-electron chi connectivity index (χ1n) is 9.18. The highest BCUT2D eigenvalue weighted by Gasteiger charge is 2.11. The second kappa shape index (κ2) is 9.26. The van der Waals surface area contributed by atoms with E-state index in [1.165, 1.54) is 5.56 Å². The molecule has 0 unspecified atom stereocenters. The molecule has 1 N–H and O–H groups in total. The van der Waals surface area contributed by atoms with E-state index in [1.807, 2.05) is 59.3 Å². The van der Waals surface area contributed by atoms with Gasteiger partial charge in [0, 0.05) is 29.2 Å². The Morgan fingerprint density at radius 1 is 1.14 bits per heavy atom. The molecule has 0 saturated carbocycles. The minimum absolute atomic E-state index is 0.0864. The number of fused-ring (bicyclic) bond motifs is 1. The van der Waals surface area contributed by atoms with Gasteiger partial charge >= 0.3 is 0 Å². The monoisotopic (exact) mass is 367 g/mol. The van der Waals surface area contributed by atoms with Crippen molar-refractivity contribution in [2.75, 3.05) is 6.54 Å². The summed E-state index contributed by atoms with van der Waals surface area (Å²) >= 11 is 0. The summed E-state index contributed by atoms with van der Waals surface area (Å²) in [5.41, 5.74) is 3.10. The maximum Gasteiger partial charge on any atom is 0.261 e. The van der Waals surface area contributed by atoms with E-state index >= 15 is 0 Å². The van der Waals surface area contributed by atoms with E-state index in [0.29, 0.717) is 13.1 Å². The molecule has 0 saturated heterocycles. The van der Waals surface area contributed by atoms with Gasteiger partial charge in [-0.15, -0.1) is 6.42 Å². The summed E-state index contributed by atoms with van der Waals surface area (Å²) in [5, 5.41) is 13.3. The Labute approximate surface area is 165 Å². The van der Waals surface area contributed by atoms with E-state index in [1.54, 1.807) is 6.08 Å². The fourth-order valence-electron chi connectivity index (χ4n) is 3.16. The zero-order chi connectivity index (χ0) is 19.8. The molecule has 4 heteroatoms. The van der Waals surface area contributed by atoms with Gasteiger partial charge in [0.05, 0.1) is 6.54 Å². The Kier molecular flexibility index (Phi) is 6.29. The first-order valence-corrected chi connectivity index (χ1v) is 9.18. The van der Waals surface area contributed by atoms with Crippen LogP contribution in [-0.2, 0) is 17.8 Å². The maximum absolute atomic E-state index is 12.4. The summed E-state index contributed by atoms with van der Waals surface area (Å²) in [6.45, 7) is 0.952. The summed E-state index contributed by atoms with van der Waals surface area (Å²) in [5.74, 6) is 2.27. The molecular formula is C24H21N3O. The Morgan fingerprint density at radius 2 is 1.89 bits per heavy atom. The van der Waals surface area contributed by atoms with E-state index < -0.39 is 0 Å². The van der Waals surface area contributed by atoms with Gasteiger partial charge in [0.1, 0.15) is 11.6 Å². The van der Waals surface area contributed by atoms with Crippen LogP contribution in [0.15, 0.2) is 66.4 Å². The van der Waals surface area contributed by atoms with E-state index in [4.69, 9.17) is 6.42 Å². The van der Waals surface area contributed by atoms with Crippen LogP contribution in [0.25, 0.3) is 17.0 Å². The predicted octanol–water partition coefficient (Wildman–Crippen LogP) is 3.93. The molecule has 2 aromatic carbocycles. The van der Waals surface area contributed by atoms with Crippen LogP contribution in [0.4, 0.5) is 0 Å². The molecule has 1 aromatic heterocycles. The zero-order valence-electron chi connectivity index (χ0n) is 15.6. The van der Waals surface area contributed by atoms with Crippen molar-refractivity contribution in [2.45, 2.75) is 19.4 Å². The lowest BCUT2D eigenvalue weighted by Gasteiger charge is -2.04. The number of carbonyl (C=O) groups excluding carboxylic acids is 1. The van der Waals surface area contributed by atoms with Crippen LogP contribution in [0.2, 0.25) is 0 Å². The van der Waals surface area contributed by atoms with Crippen LogP contribution in [-0.4, -0.2) is 17.0 Å². The molecule has 0 bridgehead atoms. The number of nitriles is 1. The highest BCUT2D eigenvalue weighted by molar-refractivity contribution is 6.04. The van der Waals surface area contributed by atoms with Crippen molar-refractivity contribution in [3.05, 3.63) is 77.5 Å². The molecule has 3 rings (SSSR count). The van der Waals surface area contributed by atoms with Crippen LogP contribution < -0.4 is 5.32 Å². The highest BCUT2D eigenvalue weighted by atomic mass is 16.1. The van der Waals surface area contributed by atoms with Crippen molar-refractivity contribution in [2.24, 2.45) is 0 Å². The molecule has 28 heavy (non-hydrogen) atoms. The highest BCUT2D eigenvalue weighted by Crippen LogP contribution is 2.23. The molecule has 0 fully saturated rings. The van der Waals surface area contributed by atoms with Gasteiger partial charge in [-0.2, -0.15) is 5.26 Å². The molecule has 1 amide bonds. The first-order chi connectivity index (χ1) is 13.7. The number of rotatable bonds is 7. The van der Waals surface area contributed by atoms with Gasteiger partial charge in [-0.25, -0.2) is 0 Å². The van der Waals surface area contributed by atoms with Gasteiger partial charge in [-0.3, -0.25) is 4.79 Å². The van der Waals surface area contributed by atoms with Gasteiger partial charge < -0.3 is 9.88 Å². The van der Waals surface area contributed by atoms with Crippen molar-refractivity contribution < 1.29 is 4.79 Å². The normalized spacial score (nSPS) is 11.0. The van der Waals surface area contributed by atoms with Crippen LogP contribution in [0.5, 0.6) is 0 Å². The first kappa shape index (κ1) is 19.0. The minimum atomic E-state index is -0.357. The third-order valence-electron chi connectivity index (χ3n) is 4.52.